The van der Waals surface area contributed by atoms with Gasteiger partial charge >= 0.3 is 17.9 Å². The fourth-order valence-electron chi connectivity index (χ4n) is 12.8. The summed E-state index contributed by atoms with van der Waals surface area (Å²) in [4.78, 5) is 42.4. The van der Waals surface area contributed by atoms with E-state index in [4.69, 9.17) is 37.9 Å². The fourth-order valence-corrected chi connectivity index (χ4v) is 12.8. The molecule has 0 aromatic heterocycles. The van der Waals surface area contributed by atoms with Crippen LogP contribution in [0.25, 0.3) is 0 Å². The molecule has 15 atom stereocenters. The van der Waals surface area contributed by atoms with Gasteiger partial charge < -0.3 is 48.1 Å². The summed E-state index contributed by atoms with van der Waals surface area (Å²) in [6, 6.07) is 6.03. The second-order valence-corrected chi connectivity index (χ2v) is 15.4. The van der Waals surface area contributed by atoms with Crippen LogP contribution in [0.5, 0.6) is 5.75 Å². The molecule has 7 rings (SSSR count). The Kier molecular flexibility index (Phi) is 9.04. The molecule has 0 amide bonds. The van der Waals surface area contributed by atoms with Crippen molar-refractivity contribution in [2.24, 2.45) is 34.5 Å². The fraction of sp³-hybridized carbons (Fsp3) is 0.757. The van der Waals surface area contributed by atoms with Gasteiger partial charge in [0.15, 0.2) is 5.60 Å². The molecular weight excluding hydrogens is 666 g/mol. The number of piperidine rings is 1. The number of aliphatic hydroxyl groups excluding tert-OH is 1. The van der Waals surface area contributed by atoms with E-state index in [0.29, 0.717) is 25.3 Å². The van der Waals surface area contributed by atoms with Gasteiger partial charge in [-0.1, -0.05) is 6.92 Å². The van der Waals surface area contributed by atoms with Crippen LogP contribution in [-0.4, -0.2) is 142 Å². The highest BCUT2D eigenvalue weighted by molar-refractivity contribution is 5.89. The van der Waals surface area contributed by atoms with Crippen molar-refractivity contribution in [1.29, 1.82) is 0 Å². The Balaban J connectivity index is 1.50. The Morgan fingerprint density at radius 1 is 0.902 bits per heavy atom. The first-order chi connectivity index (χ1) is 24.3. The number of carbonyl (C=O) groups excluding carboxylic acids is 3. The van der Waals surface area contributed by atoms with Crippen LogP contribution in [0.2, 0.25) is 0 Å². The van der Waals surface area contributed by atoms with Crippen molar-refractivity contribution < 1.29 is 62.5 Å². The van der Waals surface area contributed by atoms with Crippen molar-refractivity contribution in [3.63, 3.8) is 0 Å². The van der Waals surface area contributed by atoms with Crippen molar-refractivity contribution in [3.8, 4) is 5.75 Å². The molecule has 1 aliphatic heterocycles. The van der Waals surface area contributed by atoms with E-state index in [1.807, 2.05) is 6.92 Å². The van der Waals surface area contributed by atoms with Gasteiger partial charge in [-0.3, -0.25) is 14.5 Å². The highest BCUT2D eigenvalue weighted by Crippen LogP contribution is 2.80. The molecule has 6 fully saturated rings. The van der Waals surface area contributed by atoms with Crippen molar-refractivity contribution >= 4 is 17.9 Å². The summed E-state index contributed by atoms with van der Waals surface area (Å²) >= 11 is 0. The Bertz CT molecular complexity index is 1540. The Hall–Kier alpha value is -2.85. The van der Waals surface area contributed by atoms with Crippen LogP contribution in [0.4, 0.5) is 0 Å². The number of hydrogen-bond acceptors (Lipinski definition) is 14. The van der Waals surface area contributed by atoms with Gasteiger partial charge in [0.05, 0.1) is 31.5 Å². The van der Waals surface area contributed by atoms with E-state index in [1.54, 1.807) is 45.6 Å². The molecule has 1 spiro atoms. The number of esters is 3. The molecular formula is C37H51NO13. The lowest BCUT2D eigenvalue weighted by atomic mass is 9.42. The molecule has 1 aromatic carbocycles. The summed E-state index contributed by atoms with van der Waals surface area (Å²) in [6.07, 6.45) is -5.60. The monoisotopic (exact) mass is 717 g/mol. The normalized spacial score (nSPS) is 46.0. The number of hydrogen-bond donors (Lipinski definition) is 2. The molecule has 3 unspecified atom stereocenters. The second-order valence-electron chi connectivity index (χ2n) is 15.4. The maximum absolute atomic E-state index is 14.0. The van der Waals surface area contributed by atoms with E-state index in [0.717, 1.165) is 0 Å². The molecule has 14 heteroatoms. The average molecular weight is 718 g/mol. The smallest absolute Gasteiger partial charge is 0.338 e. The predicted octanol–water partition coefficient (Wildman–Crippen LogP) is 1.23. The lowest BCUT2D eigenvalue weighted by molar-refractivity contribution is -0.322. The molecule has 282 valence electrons. The number of aliphatic hydroxyl groups is 2. The Labute approximate surface area is 297 Å². The minimum atomic E-state index is -1.89. The van der Waals surface area contributed by atoms with Gasteiger partial charge in [0, 0.05) is 89.9 Å². The minimum absolute atomic E-state index is 0.0334. The zero-order valence-corrected chi connectivity index (χ0v) is 30.5. The van der Waals surface area contributed by atoms with Crippen LogP contribution in [-0.2, 0) is 42.7 Å². The van der Waals surface area contributed by atoms with Crippen LogP contribution in [0.3, 0.4) is 0 Å². The van der Waals surface area contributed by atoms with Crippen LogP contribution >= 0.6 is 0 Å². The number of likely N-dealkylation sites (tertiary alicyclic amines) is 1. The third-order valence-corrected chi connectivity index (χ3v) is 13.8. The highest BCUT2D eigenvalue weighted by atomic mass is 16.6. The quantitative estimate of drug-likeness (QED) is 0.248. The van der Waals surface area contributed by atoms with E-state index in [-0.39, 0.29) is 18.6 Å². The van der Waals surface area contributed by atoms with E-state index < -0.39 is 106 Å². The molecule has 0 radical (unpaired) electrons. The van der Waals surface area contributed by atoms with E-state index in [9.17, 15) is 24.6 Å². The molecule has 51 heavy (non-hydrogen) atoms. The van der Waals surface area contributed by atoms with Crippen LogP contribution in [0.1, 0.15) is 44.0 Å². The molecule has 1 saturated heterocycles. The summed E-state index contributed by atoms with van der Waals surface area (Å²) < 4.78 is 49.3. The van der Waals surface area contributed by atoms with Gasteiger partial charge in [0.1, 0.15) is 35.8 Å². The van der Waals surface area contributed by atoms with Crippen molar-refractivity contribution in [2.75, 3.05) is 55.2 Å². The van der Waals surface area contributed by atoms with Crippen LogP contribution < -0.4 is 4.74 Å². The van der Waals surface area contributed by atoms with E-state index in [2.05, 4.69) is 4.90 Å². The summed E-state index contributed by atoms with van der Waals surface area (Å²) in [5.74, 6) is -3.84. The zero-order valence-electron chi connectivity index (χ0n) is 30.5. The molecule has 1 heterocycles. The number of carbonyl (C=O) groups is 3. The van der Waals surface area contributed by atoms with Gasteiger partial charge in [-0.05, 0) is 43.1 Å². The van der Waals surface area contributed by atoms with Gasteiger partial charge in [-0.25, -0.2) is 4.79 Å². The van der Waals surface area contributed by atoms with Crippen molar-refractivity contribution in [1.82, 2.24) is 4.90 Å². The molecule has 5 aliphatic carbocycles. The number of rotatable bonds is 11. The minimum Gasteiger partial charge on any atom is -0.497 e. The van der Waals surface area contributed by atoms with Gasteiger partial charge in [0.2, 0.25) is 0 Å². The largest absolute Gasteiger partial charge is 0.497 e. The molecule has 2 N–H and O–H groups in total. The molecule has 5 saturated carbocycles. The predicted molar refractivity (Wildman–Crippen MR) is 177 cm³/mol. The Morgan fingerprint density at radius 3 is 2.16 bits per heavy atom. The highest BCUT2D eigenvalue weighted by Gasteiger charge is 2.92. The first-order valence-corrected chi connectivity index (χ1v) is 17.8. The molecule has 1 aromatic rings. The lowest BCUT2D eigenvalue weighted by Crippen LogP contribution is -2.81. The van der Waals surface area contributed by atoms with Gasteiger partial charge in [-0.15, -0.1) is 0 Å². The zero-order chi connectivity index (χ0) is 36.8. The SMILES string of the molecule is CCN1C[C@]2(COC)[C@H](OC(C)=O)C[C@H](OC)C34C1C([C@H](OC)[C@@H]32)[C@]1(OC(C)=O)[C@@H]2[C@H]4C[C@@](O)([C@@H]2OC(=O)c2ccc(OC)cc2)[C@@H](OC)[C@@H]1O. The van der Waals surface area contributed by atoms with Crippen LogP contribution in [0, 0.1) is 34.5 Å². The standard InChI is InChI=1S/C37H51NO13/c1-9-38-16-34(17-44-4)23(49-18(2)39)14-24(46-6)36-22-15-35(43)31(50-33(42)20-10-12-21(45-5)13-11-20)25(22)37(51-19(3)40,30(41)32(35)48-8)26(29(36)38)27(47-7)28(34)36/h10-13,22-32,41,43H,9,14-17H2,1-8H3/t22-,23-,24+,25-,26?,27+,28-,29?,30+,31-,32+,34+,35-,36?,37-/m1/s1. The van der Waals surface area contributed by atoms with Crippen molar-refractivity contribution in [2.45, 2.75) is 87.5 Å². The molecule has 14 nitrogen and oxygen atoms in total. The Morgan fingerprint density at radius 2 is 1.61 bits per heavy atom. The number of benzene rings is 1. The van der Waals surface area contributed by atoms with E-state index in [1.165, 1.54) is 28.1 Å². The first-order valence-electron chi connectivity index (χ1n) is 17.8. The van der Waals surface area contributed by atoms with E-state index >= 15 is 0 Å². The first kappa shape index (κ1) is 36.5. The topological polar surface area (TPSA) is 169 Å². The van der Waals surface area contributed by atoms with Gasteiger partial charge in [-0.2, -0.15) is 0 Å². The molecule has 6 aliphatic rings. The average Bonchev–Trinajstić information content (AvgIpc) is 3.47. The number of fused-ring (bicyclic) bond motifs is 2. The summed E-state index contributed by atoms with van der Waals surface area (Å²) in [7, 11) is 7.75. The number of methoxy groups -OCH3 is 5. The second kappa shape index (κ2) is 12.6. The third-order valence-electron chi connectivity index (χ3n) is 13.8. The maximum atomic E-state index is 14.0. The summed E-state index contributed by atoms with van der Waals surface area (Å²) in [6.45, 7) is 5.95. The number of ether oxygens (including phenoxy) is 8. The lowest BCUT2D eigenvalue weighted by Gasteiger charge is -2.70. The summed E-state index contributed by atoms with van der Waals surface area (Å²) in [5, 5.41) is 25.6. The summed E-state index contributed by atoms with van der Waals surface area (Å²) in [5.41, 5.74) is -5.07. The van der Waals surface area contributed by atoms with Crippen LogP contribution in [0.15, 0.2) is 24.3 Å². The van der Waals surface area contributed by atoms with Gasteiger partial charge in [0.25, 0.3) is 0 Å². The molecule has 7 bridgehead atoms. The number of nitrogens with zero attached hydrogens (tertiary/aromatic N) is 1. The maximum Gasteiger partial charge on any atom is 0.338 e. The van der Waals surface area contributed by atoms with Crippen molar-refractivity contribution in [3.05, 3.63) is 29.8 Å². The third kappa shape index (κ3) is 4.50.